The van der Waals surface area contributed by atoms with E-state index >= 15 is 0 Å². The van der Waals surface area contributed by atoms with Crippen molar-refractivity contribution in [3.63, 3.8) is 0 Å². The van der Waals surface area contributed by atoms with E-state index in [1.807, 2.05) is 6.07 Å². The highest BCUT2D eigenvalue weighted by Gasteiger charge is 2.23. The van der Waals surface area contributed by atoms with Crippen molar-refractivity contribution in [2.75, 3.05) is 29.5 Å². The van der Waals surface area contributed by atoms with Crippen LogP contribution >= 0.6 is 0 Å². The van der Waals surface area contributed by atoms with Gasteiger partial charge in [0.2, 0.25) is 0 Å². The second-order valence-corrected chi connectivity index (χ2v) is 4.33. The van der Waals surface area contributed by atoms with Crippen molar-refractivity contribution < 1.29 is 4.74 Å². The Kier molecular flexibility index (Phi) is 2.87. The Bertz CT molecular complexity index is 372. The number of nitrogen functional groups attached to an aromatic ring is 2. The molecule has 0 radical (unpaired) electrons. The summed E-state index contributed by atoms with van der Waals surface area (Å²) in [5, 5.41) is 0. The van der Waals surface area contributed by atoms with Gasteiger partial charge in [0, 0.05) is 19.2 Å². The fourth-order valence-corrected chi connectivity index (χ4v) is 2.01. The first-order valence-corrected chi connectivity index (χ1v) is 5.47. The summed E-state index contributed by atoms with van der Waals surface area (Å²) >= 11 is 0. The van der Waals surface area contributed by atoms with Gasteiger partial charge in [-0.2, -0.15) is 0 Å². The van der Waals surface area contributed by atoms with E-state index < -0.39 is 0 Å². The Morgan fingerprint density at radius 2 is 1.88 bits per heavy atom. The molecular weight excluding hydrogens is 204 g/mol. The Morgan fingerprint density at radius 3 is 2.44 bits per heavy atom. The molecule has 88 valence electrons. The fourth-order valence-electron chi connectivity index (χ4n) is 2.01. The number of pyridine rings is 1. The predicted molar refractivity (Wildman–Crippen MR) is 65.3 cm³/mol. The number of rotatable bonds is 1. The highest BCUT2D eigenvalue weighted by molar-refractivity contribution is 5.66. The summed E-state index contributed by atoms with van der Waals surface area (Å²) < 4.78 is 5.67. The van der Waals surface area contributed by atoms with Crippen LogP contribution in [0.15, 0.2) is 12.3 Å². The molecule has 1 saturated heterocycles. The normalized spacial score (nSPS) is 25.8. The predicted octanol–water partition coefficient (Wildman–Crippen LogP) is 0.860. The Balaban J connectivity index is 2.19. The van der Waals surface area contributed by atoms with Crippen LogP contribution in [0, 0.1) is 0 Å². The summed E-state index contributed by atoms with van der Waals surface area (Å²) in [4.78, 5) is 6.47. The van der Waals surface area contributed by atoms with Crippen molar-refractivity contribution in [3.05, 3.63) is 12.3 Å². The van der Waals surface area contributed by atoms with Crippen LogP contribution in [0.3, 0.4) is 0 Å². The van der Waals surface area contributed by atoms with Crippen LogP contribution < -0.4 is 16.4 Å². The van der Waals surface area contributed by atoms with E-state index in [0.29, 0.717) is 11.4 Å². The van der Waals surface area contributed by atoms with Gasteiger partial charge < -0.3 is 21.1 Å². The molecule has 1 aliphatic heterocycles. The molecule has 2 atom stereocenters. The average molecular weight is 222 g/mol. The number of anilines is 3. The van der Waals surface area contributed by atoms with E-state index in [0.717, 1.165) is 18.9 Å². The quantitative estimate of drug-likeness (QED) is 0.737. The standard InChI is InChI=1S/C11H18N4O/c1-7-5-15(6-8(2)16-7)11-3-9(12)10(13)4-14-11/h3-4,7-8H,5-6,13H2,1-2H3,(H2,12,14)/t7-,8?/m0/s1. The monoisotopic (exact) mass is 222 g/mol. The zero-order valence-corrected chi connectivity index (χ0v) is 9.68. The maximum absolute atomic E-state index is 5.77. The minimum absolute atomic E-state index is 0.212. The van der Waals surface area contributed by atoms with Crippen LogP contribution in [0.4, 0.5) is 17.2 Å². The molecule has 1 unspecified atom stereocenters. The zero-order valence-electron chi connectivity index (χ0n) is 9.68. The van der Waals surface area contributed by atoms with Crippen molar-refractivity contribution >= 4 is 17.2 Å². The molecule has 1 aliphatic rings. The van der Waals surface area contributed by atoms with Crippen molar-refractivity contribution in [2.24, 2.45) is 0 Å². The summed E-state index contributed by atoms with van der Waals surface area (Å²) in [6, 6.07) is 1.82. The van der Waals surface area contributed by atoms with E-state index in [4.69, 9.17) is 16.2 Å². The molecule has 2 heterocycles. The van der Waals surface area contributed by atoms with Gasteiger partial charge in [-0.3, -0.25) is 0 Å². The number of hydrogen-bond acceptors (Lipinski definition) is 5. The third-order valence-corrected chi connectivity index (χ3v) is 2.70. The molecule has 0 aromatic carbocycles. The average Bonchev–Trinajstić information content (AvgIpc) is 2.20. The van der Waals surface area contributed by atoms with Crippen LogP contribution in [0.1, 0.15) is 13.8 Å². The van der Waals surface area contributed by atoms with Crippen LogP contribution in [-0.2, 0) is 4.74 Å². The van der Waals surface area contributed by atoms with Crippen LogP contribution in [0.25, 0.3) is 0 Å². The number of aromatic nitrogens is 1. The second kappa shape index (κ2) is 4.17. The lowest BCUT2D eigenvalue weighted by Gasteiger charge is -2.36. The first kappa shape index (κ1) is 11.0. The Hall–Kier alpha value is -1.49. The minimum Gasteiger partial charge on any atom is -0.397 e. The lowest BCUT2D eigenvalue weighted by molar-refractivity contribution is -0.00545. The van der Waals surface area contributed by atoms with Crippen molar-refractivity contribution in [1.29, 1.82) is 0 Å². The van der Waals surface area contributed by atoms with E-state index in [2.05, 4.69) is 23.7 Å². The summed E-state index contributed by atoms with van der Waals surface area (Å²) in [6.45, 7) is 5.79. The number of nitrogens with two attached hydrogens (primary N) is 2. The number of nitrogens with zero attached hydrogens (tertiary/aromatic N) is 2. The smallest absolute Gasteiger partial charge is 0.130 e. The molecule has 5 heteroatoms. The number of ether oxygens (including phenoxy) is 1. The lowest BCUT2D eigenvalue weighted by Crippen LogP contribution is -2.45. The first-order chi connectivity index (χ1) is 7.56. The number of morpholine rings is 1. The van der Waals surface area contributed by atoms with Crippen LogP contribution in [0.5, 0.6) is 0 Å². The third-order valence-electron chi connectivity index (χ3n) is 2.70. The Labute approximate surface area is 95.4 Å². The SMILES string of the molecule is CC1CN(c2cc(N)c(N)cn2)C[C@H](C)O1. The maximum atomic E-state index is 5.77. The molecule has 1 fully saturated rings. The van der Waals surface area contributed by atoms with E-state index in [9.17, 15) is 0 Å². The van der Waals surface area contributed by atoms with Gasteiger partial charge >= 0.3 is 0 Å². The maximum Gasteiger partial charge on any atom is 0.130 e. The topological polar surface area (TPSA) is 77.4 Å². The minimum atomic E-state index is 0.212. The summed E-state index contributed by atoms with van der Waals surface area (Å²) in [5.41, 5.74) is 12.5. The summed E-state index contributed by atoms with van der Waals surface area (Å²) in [6.07, 6.45) is 2.03. The fraction of sp³-hybridized carbons (Fsp3) is 0.545. The molecular formula is C11H18N4O. The molecule has 4 N–H and O–H groups in total. The third kappa shape index (κ3) is 2.19. The van der Waals surface area contributed by atoms with Gasteiger partial charge in [0.05, 0.1) is 29.8 Å². The molecule has 2 rings (SSSR count). The summed E-state index contributed by atoms with van der Waals surface area (Å²) in [7, 11) is 0. The number of hydrogen-bond donors (Lipinski definition) is 2. The second-order valence-electron chi connectivity index (χ2n) is 4.33. The van der Waals surface area contributed by atoms with Crippen molar-refractivity contribution in [1.82, 2.24) is 4.98 Å². The largest absolute Gasteiger partial charge is 0.397 e. The molecule has 0 spiro atoms. The van der Waals surface area contributed by atoms with Gasteiger partial charge in [0.1, 0.15) is 5.82 Å². The lowest BCUT2D eigenvalue weighted by atomic mass is 10.2. The highest BCUT2D eigenvalue weighted by atomic mass is 16.5. The van der Waals surface area contributed by atoms with Gasteiger partial charge in [-0.25, -0.2) is 4.98 Å². The van der Waals surface area contributed by atoms with E-state index in [1.54, 1.807) is 6.20 Å². The highest BCUT2D eigenvalue weighted by Crippen LogP contribution is 2.22. The molecule has 0 aliphatic carbocycles. The first-order valence-electron chi connectivity index (χ1n) is 5.47. The van der Waals surface area contributed by atoms with E-state index in [1.165, 1.54) is 0 Å². The van der Waals surface area contributed by atoms with Crippen LogP contribution in [-0.4, -0.2) is 30.3 Å². The van der Waals surface area contributed by atoms with Gasteiger partial charge in [-0.15, -0.1) is 0 Å². The van der Waals surface area contributed by atoms with Crippen LogP contribution in [0.2, 0.25) is 0 Å². The molecule has 0 saturated carbocycles. The molecule has 1 aromatic rings. The molecule has 1 aromatic heterocycles. The van der Waals surface area contributed by atoms with Gasteiger partial charge in [0.15, 0.2) is 0 Å². The summed E-state index contributed by atoms with van der Waals surface area (Å²) in [5.74, 6) is 0.869. The molecule has 5 nitrogen and oxygen atoms in total. The van der Waals surface area contributed by atoms with Crippen molar-refractivity contribution in [3.8, 4) is 0 Å². The van der Waals surface area contributed by atoms with Gasteiger partial charge in [0.25, 0.3) is 0 Å². The van der Waals surface area contributed by atoms with Crippen molar-refractivity contribution in [2.45, 2.75) is 26.1 Å². The molecule has 0 bridgehead atoms. The van der Waals surface area contributed by atoms with E-state index in [-0.39, 0.29) is 12.2 Å². The molecule has 0 amide bonds. The molecule has 16 heavy (non-hydrogen) atoms. The zero-order chi connectivity index (χ0) is 11.7. The van der Waals surface area contributed by atoms with Gasteiger partial charge in [-0.1, -0.05) is 0 Å². The Morgan fingerprint density at radius 1 is 1.25 bits per heavy atom. The van der Waals surface area contributed by atoms with Gasteiger partial charge in [-0.05, 0) is 13.8 Å².